The first-order valence-corrected chi connectivity index (χ1v) is 9.61. The average Bonchev–Trinajstić information content (AvgIpc) is 2.73. The zero-order valence-corrected chi connectivity index (χ0v) is 15.8. The van der Waals surface area contributed by atoms with E-state index in [1.807, 2.05) is 4.90 Å². The monoisotopic (exact) mass is 377 g/mol. The quantitative estimate of drug-likeness (QED) is 0.815. The van der Waals surface area contributed by atoms with E-state index in [-0.39, 0.29) is 23.5 Å². The van der Waals surface area contributed by atoms with E-state index in [0.717, 1.165) is 18.7 Å². The maximum atomic E-state index is 13.0. The molecule has 0 aromatic heterocycles. The predicted octanol–water partition coefficient (Wildman–Crippen LogP) is 1.45. The van der Waals surface area contributed by atoms with Crippen molar-refractivity contribution < 1.29 is 18.7 Å². The molecule has 0 bridgehead atoms. The first-order chi connectivity index (χ1) is 13.0. The molecule has 2 aliphatic rings. The Labute approximate surface area is 159 Å². The third-order valence-corrected chi connectivity index (χ3v) is 5.72. The molecule has 0 unspecified atom stereocenters. The highest BCUT2D eigenvalue weighted by Crippen LogP contribution is 2.28. The van der Waals surface area contributed by atoms with E-state index in [2.05, 4.69) is 10.6 Å². The molecule has 148 valence electrons. The van der Waals surface area contributed by atoms with E-state index in [1.165, 1.54) is 12.1 Å². The third-order valence-electron chi connectivity index (χ3n) is 5.72. The smallest absolute Gasteiger partial charge is 0.254 e. The number of methoxy groups -OCH3 is 1. The Morgan fingerprint density at radius 3 is 2.44 bits per heavy atom. The number of nitrogens with zero attached hydrogens (tertiary/aromatic N) is 1. The highest BCUT2D eigenvalue weighted by atomic mass is 19.1. The van der Waals surface area contributed by atoms with Crippen molar-refractivity contribution in [3.63, 3.8) is 0 Å². The van der Waals surface area contributed by atoms with Crippen molar-refractivity contribution in [2.45, 2.75) is 37.8 Å². The summed E-state index contributed by atoms with van der Waals surface area (Å²) in [4.78, 5) is 27.2. The predicted molar refractivity (Wildman–Crippen MR) is 99.4 cm³/mol. The van der Waals surface area contributed by atoms with Crippen LogP contribution in [0.1, 0.15) is 31.2 Å². The van der Waals surface area contributed by atoms with Gasteiger partial charge in [0.05, 0.1) is 0 Å². The zero-order chi connectivity index (χ0) is 19.3. The molecule has 2 heterocycles. The van der Waals surface area contributed by atoms with Crippen LogP contribution in [0.15, 0.2) is 24.3 Å². The van der Waals surface area contributed by atoms with Crippen molar-refractivity contribution in [3.05, 3.63) is 35.6 Å². The van der Waals surface area contributed by atoms with E-state index >= 15 is 0 Å². The van der Waals surface area contributed by atoms with E-state index < -0.39 is 5.60 Å². The Kier molecular flexibility index (Phi) is 6.44. The summed E-state index contributed by atoms with van der Waals surface area (Å²) < 4.78 is 18.6. The maximum Gasteiger partial charge on any atom is 0.254 e. The highest BCUT2D eigenvalue weighted by Gasteiger charge is 2.43. The Morgan fingerprint density at radius 1 is 1.22 bits per heavy atom. The number of ether oxygens (including phenoxy) is 1. The van der Waals surface area contributed by atoms with Crippen LogP contribution in [0.25, 0.3) is 0 Å². The van der Waals surface area contributed by atoms with Crippen LogP contribution in [0.4, 0.5) is 4.39 Å². The van der Waals surface area contributed by atoms with Gasteiger partial charge in [-0.25, -0.2) is 4.39 Å². The molecule has 2 aliphatic heterocycles. The molecule has 0 aliphatic carbocycles. The van der Waals surface area contributed by atoms with Gasteiger partial charge in [-0.2, -0.15) is 0 Å². The zero-order valence-electron chi connectivity index (χ0n) is 15.8. The lowest BCUT2D eigenvalue weighted by molar-refractivity contribution is -0.160. The van der Waals surface area contributed by atoms with Crippen LogP contribution in [0.5, 0.6) is 0 Å². The summed E-state index contributed by atoms with van der Waals surface area (Å²) in [5, 5.41) is 6.18. The normalized spacial score (nSPS) is 20.3. The molecule has 0 spiro atoms. The summed E-state index contributed by atoms with van der Waals surface area (Å²) in [6.45, 7) is 3.10. The summed E-state index contributed by atoms with van der Waals surface area (Å²) in [6.07, 6.45) is 2.67. The number of hydrogen-bond donors (Lipinski definition) is 2. The standard InChI is InChI=1S/C20H28FN3O3/c1-27-20(8-10-22-11-9-20)19(26)24-12-6-16(7-13-24)18(25)23-14-15-2-4-17(21)5-3-15/h2-5,16,22H,6-14H2,1H3,(H,23,25). The van der Waals surface area contributed by atoms with Crippen molar-refractivity contribution in [2.24, 2.45) is 5.92 Å². The van der Waals surface area contributed by atoms with Gasteiger partial charge in [-0.1, -0.05) is 12.1 Å². The molecule has 2 amide bonds. The summed E-state index contributed by atoms with van der Waals surface area (Å²) >= 11 is 0. The van der Waals surface area contributed by atoms with Gasteiger partial charge in [0.1, 0.15) is 11.4 Å². The summed E-state index contributed by atoms with van der Waals surface area (Å²) in [5.74, 6) is -0.336. The van der Waals surface area contributed by atoms with Crippen molar-refractivity contribution in [3.8, 4) is 0 Å². The van der Waals surface area contributed by atoms with Crippen molar-refractivity contribution in [2.75, 3.05) is 33.3 Å². The first-order valence-electron chi connectivity index (χ1n) is 9.61. The molecule has 2 saturated heterocycles. The molecule has 1 aromatic carbocycles. The van der Waals surface area contributed by atoms with Gasteiger partial charge in [0, 0.05) is 32.7 Å². The number of likely N-dealkylation sites (tertiary alicyclic amines) is 1. The fourth-order valence-electron chi connectivity index (χ4n) is 3.90. The molecule has 0 saturated carbocycles. The molecule has 1 aromatic rings. The van der Waals surface area contributed by atoms with Crippen molar-refractivity contribution in [1.29, 1.82) is 0 Å². The van der Waals surface area contributed by atoms with Crippen molar-refractivity contribution >= 4 is 11.8 Å². The Morgan fingerprint density at radius 2 is 1.85 bits per heavy atom. The molecule has 27 heavy (non-hydrogen) atoms. The van der Waals surface area contributed by atoms with E-state index in [4.69, 9.17) is 4.74 Å². The van der Waals surface area contributed by atoms with Gasteiger partial charge in [0.25, 0.3) is 5.91 Å². The minimum atomic E-state index is -0.719. The topological polar surface area (TPSA) is 70.7 Å². The second-order valence-corrected chi connectivity index (χ2v) is 7.36. The number of amides is 2. The number of rotatable bonds is 5. The summed E-state index contributed by atoms with van der Waals surface area (Å²) in [5.41, 5.74) is 0.147. The van der Waals surface area contributed by atoms with Crippen molar-refractivity contribution in [1.82, 2.24) is 15.5 Å². The van der Waals surface area contributed by atoms with E-state index in [0.29, 0.717) is 45.3 Å². The number of benzene rings is 1. The number of hydrogen-bond acceptors (Lipinski definition) is 4. The lowest BCUT2D eigenvalue weighted by atomic mass is 9.88. The molecule has 2 fully saturated rings. The average molecular weight is 377 g/mol. The van der Waals surface area contributed by atoms with Gasteiger partial charge >= 0.3 is 0 Å². The minimum absolute atomic E-state index is 0.00487. The molecular weight excluding hydrogens is 349 g/mol. The van der Waals surface area contributed by atoms with Crippen LogP contribution >= 0.6 is 0 Å². The van der Waals surface area contributed by atoms with E-state index in [1.54, 1.807) is 19.2 Å². The van der Waals surface area contributed by atoms with Crippen LogP contribution in [0.2, 0.25) is 0 Å². The Balaban J connectivity index is 1.48. The SMILES string of the molecule is COC1(C(=O)N2CCC(C(=O)NCc3ccc(F)cc3)CC2)CCNCC1. The van der Waals surface area contributed by atoms with Gasteiger partial charge in [-0.15, -0.1) is 0 Å². The molecule has 3 rings (SSSR count). The van der Waals surface area contributed by atoms with Crippen LogP contribution in [-0.4, -0.2) is 55.6 Å². The van der Waals surface area contributed by atoms with Gasteiger partial charge < -0.3 is 20.3 Å². The van der Waals surface area contributed by atoms with Gasteiger partial charge in [0.15, 0.2) is 0 Å². The second-order valence-electron chi connectivity index (χ2n) is 7.36. The Hall–Kier alpha value is -1.99. The molecule has 0 atom stereocenters. The molecule has 6 nitrogen and oxygen atoms in total. The van der Waals surface area contributed by atoms with Gasteiger partial charge in [-0.05, 0) is 56.5 Å². The minimum Gasteiger partial charge on any atom is -0.368 e. The molecular formula is C20H28FN3O3. The summed E-state index contributed by atoms with van der Waals surface area (Å²) in [7, 11) is 1.61. The lowest BCUT2D eigenvalue weighted by Crippen LogP contribution is -2.57. The summed E-state index contributed by atoms with van der Waals surface area (Å²) in [6, 6.07) is 6.11. The molecule has 0 radical (unpaired) electrons. The number of carbonyl (C=O) groups is 2. The van der Waals surface area contributed by atoms with Crippen LogP contribution in [0.3, 0.4) is 0 Å². The molecule has 7 heteroatoms. The third kappa shape index (κ3) is 4.65. The lowest BCUT2D eigenvalue weighted by Gasteiger charge is -2.41. The Bertz CT molecular complexity index is 651. The second kappa shape index (κ2) is 8.80. The van der Waals surface area contributed by atoms with Gasteiger partial charge in [-0.3, -0.25) is 9.59 Å². The fourth-order valence-corrected chi connectivity index (χ4v) is 3.90. The number of piperidine rings is 2. The van der Waals surface area contributed by atoms with Crippen LogP contribution in [0, 0.1) is 11.7 Å². The van der Waals surface area contributed by atoms with Crippen LogP contribution < -0.4 is 10.6 Å². The first kappa shape index (κ1) is 19.8. The molecule has 2 N–H and O–H groups in total. The highest BCUT2D eigenvalue weighted by molar-refractivity contribution is 5.86. The van der Waals surface area contributed by atoms with Gasteiger partial charge in [0.2, 0.25) is 5.91 Å². The number of halogens is 1. The van der Waals surface area contributed by atoms with Crippen LogP contribution in [-0.2, 0) is 20.9 Å². The largest absolute Gasteiger partial charge is 0.368 e. The number of carbonyl (C=O) groups excluding carboxylic acids is 2. The number of nitrogens with one attached hydrogen (secondary N) is 2. The fraction of sp³-hybridized carbons (Fsp3) is 0.600. The van der Waals surface area contributed by atoms with E-state index in [9.17, 15) is 14.0 Å². The maximum absolute atomic E-state index is 13.0.